The minimum Gasteiger partial charge on any atom is -0.497 e. The van der Waals surface area contributed by atoms with E-state index in [1.165, 1.54) is 11.4 Å². The SMILES string of the molecule is COc1cccc(N2CCN(C3=CC(=O)CC3)CC2)c1. The molecule has 1 heterocycles. The molecule has 1 saturated heterocycles. The molecule has 0 radical (unpaired) electrons. The number of piperazine rings is 1. The van der Waals surface area contributed by atoms with Gasteiger partial charge in [-0.1, -0.05) is 6.07 Å². The van der Waals surface area contributed by atoms with E-state index < -0.39 is 0 Å². The number of hydrogen-bond acceptors (Lipinski definition) is 4. The average Bonchev–Trinajstić information content (AvgIpc) is 2.94. The van der Waals surface area contributed by atoms with Crippen molar-refractivity contribution in [3.63, 3.8) is 0 Å². The number of anilines is 1. The Balaban J connectivity index is 1.63. The quantitative estimate of drug-likeness (QED) is 0.843. The van der Waals surface area contributed by atoms with Gasteiger partial charge in [-0.25, -0.2) is 0 Å². The van der Waals surface area contributed by atoms with Crippen molar-refractivity contribution in [3.05, 3.63) is 36.0 Å². The molecule has 0 N–H and O–H groups in total. The Bertz CT molecular complexity index is 531. The molecule has 1 aromatic carbocycles. The molecule has 20 heavy (non-hydrogen) atoms. The number of rotatable bonds is 3. The molecular weight excluding hydrogens is 252 g/mol. The number of allylic oxidation sites excluding steroid dienone is 2. The first-order valence-corrected chi connectivity index (χ1v) is 7.13. The van der Waals surface area contributed by atoms with Gasteiger partial charge in [-0.15, -0.1) is 0 Å². The fourth-order valence-corrected chi connectivity index (χ4v) is 2.89. The van der Waals surface area contributed by atoms with Crippen LogP contribution in [0.15, 0.2) is 36.0 Å². The molecule has 2 aliphatic rings. The molecule has 1 aliphatic carbocycles. The van der Waals surface area contributed by atoms with Crippen LogP contribution >= 0.6 is 0 Å². The Morgan fingerprint density at radius 2 is 1.80 bits per heavy atom. The number of ketones is 1. The van der Waals surface area contributed by atoms with Gasteiger partial charge in [0.25, 0.3) is 0 Å². The minimum atomic E-state index is 0.273. The van der Waals surface area contributed by atoms with Crippen LogP contribution in [0.1, 0.15) is 12.8 Å². The number of nitrogens with zero attached hydrogens (tertiary/aromatic N) is 2. The number of carbonyl (C=O) groups excluding carboxylic acids is 1. The molecule has 0 unspecified atom stereocenters. The molecule has 0 aromatic heterocycles. The largest absolute Gasteiger partial charge is 0.497 e. The van der Waals surface area contributed by atoms with Gasteiger partial charge in [-0.3, -0.25) is 4.79 Å². The Morgan fingerprint density at radius 1 is 1.05 bits per heavy atom. The zero-order valence-electron chi connectivity index (χ0n) is 11.8. The zero-order valence-corrected chi connectivity index (χ0v) is 11.8. The van der Waals surface area contributed by atoms with Crippen LogP contribution in [0, 0.1) is 0 Å². The highest BCUT2D eigenvalue weighted by Crippen LogP contribution is 2.25. The number of benzene rings is 1. The van der Waals surface area contributed by atoms with Gasteiger partial charge in [0.15, 0.2) is 5.78 Å². The minimum absolute atomic E-state index is 0.273. The van der Waals surface area contributed by atoms with Gasteiger partial charge in [0.1, 0.15) is 5.75 Å². The van der Waals surface area contributed by atoms with Crippen molar-refractivity contribution >= 4 is 11.5 Å². The first-order chi connectivity index (χ1) is 9.76. The van der Waals surface area contributed by atoms with E-state index >= 15 is 0 Å². The summed E-state index contributed by atoms with van der Waals surface area (Å²) in [6, 6.07) is 8.19. The Hall–Kier alpha value is -1.97. The van der Waals surface area contributed by atoms with Gasteiger partial charge in [0, 0.05) is 56.1 Å². The summed E-state index contributed by atoms with van der Waals surface area (Å²) in [6.07, 6.45) is 3.42. The third-order valence-electron chi connectivity index (χ3n) is 4.06. The van der Waals surface area contributed by atoms with E-state index in [4.69, 9.17) is 4.74 Å². The summed E-state index contributed by atoms with van der Waals surface area (Å²) in [6.45, 7) is 3.93. The predicted molar refractivity (Wildman–Crippen MR) is 79.1 cm³/mol. The lowest BCUT2D eigenvalue weighted by molar-refractivity contribution is -0.114. The van der Waals surface area contributed by atoms with E-state index in [1.54, 1.807) is 7.11 Å². The third-order valence-corrected chi connectivity index (χ3v) is 4.06. The summed E-state index contributed by atoms with van der Waals surface area (Å²) in [7, 11) is 1.70. The number of hydrogen-bond donors (Lipinski definition) is 0. The smallest absolute Gasteiger partial charge is 0.157 e. The first kappa shape index (κ1) is 13.0. The van der Waals surface area contributed by atoms with E-state index in [-0.39, 0.29) is 5.78 Å². The maximum Gasteiger partial charge on any atom is 0.157 e. The second kappa shape index (κ2) is 5.57. The molecule has 1 fully saturated rings. The highest BCUT2D eigenvalue weighted by atomic mass is 16.5. The molecule has 1 aromatic rings. The Morgan fingerprint density at radius 3 is 2.45 bits per heavy atom. The standard InChI is InChI=1S/C16H20N2O2/c1-20-16-4-2-3-13(12-16)17-7-9-18(10-8-17)14-5-6-15(19)11-14/h2-4,11-12H,5-10H2,1H3. The normalized spacial score (nSPS) is 19.2. The number of ether oxygens (including phenoxy) is 1. The third kappa shape index (κ3) is 2.64. The number of carbonyl (C=O) groups is 1. The van der Waals surface area contributed by atoms with Crippen LogP contribution in [0.4, 0.5) is 5.69 Å². The summed E-state index contributed by atoms with van der Waals surface area (Å²) in [5, 5.41) is 0. The lowest BCUT2D eigenvalue weighted by atomic mass is 10.2. The van der Waals surface area contributed by atoms with Gasteiger partial charge in [-0.2, -0.15) is 0 Å². The highest BCUT2D eigenvalue weighted by Gasteiger charge is 2.22. The van der Waals surface area contributed by atoms with Crippen LogP contribution in [0.5, 0.6) is 5.75 Å². The molecule has 4 heteroatoms. The molecule has 3 rings (SSSR count). The zero-order chi connectivity index (χ0) is 13.9. The molecule has 4 nitrogen and oxygen atoms in total. The Kier molecular flexibility index (Phi) is 3.63. The average molecular weight is 272 g/mol. The maximum absolute atomic E-state index is 11.3. The summed E-state index contributed by atoms with van der Waals surface area (Å²) < 4.78 is 5.28. The molecule has 0 amide bonds. The van der Waals surface area contributed by atoms with Gasteiger partial charge >= 0.3 is 0 Å². The molecule has 0 bridgehead atoms. The molecule has 1 aliphatic heterocycles. The molecular formula is C16H20N2O2. The number of methoxy groups -OCH3 is 1. The second-order valence-corrected chi connectivity index (χ2v) is 5.28. The second-order valence-electron chi connectivity index (χ2n) is 5.28. The summed E-state index contributed by atoms with van der Waals surface area (Å²) in [5.74, 6) is 1.17. The molecule has 106 valence electrons. The first-order valence-electron chi connectivity index (χ1n) is 7.13. The van der Waals surface area contributed by atoms with Gasteiger partial charge < -0.3 is 14.5 Å². The van der Waals surface area contributed by atoms with E-state index in [9.17, 15) is 4.79 Å². The van der Waals surface area contributed by atoms with Crippen molar-refractivity contribution in [2.24, 2.45) is 0 Å². The monoisotopic (exact) mass is 272 g/mol. The van der Waals surface area contributed by atoms with E-state index in [0.29, 0.717) is 6.42 Å². The van der Waals surface area contributed by atoms with Crippen molar-refractivity contribution in [1.82, 2.24) is 4.90 Å². The van der Waals surface area contributed by atoms with Crippen molar-refractivity contribution in [2.45, 2.75) is 12.8 Å². The summed E-state index contributed by atoms with van der Waals surface area (Å²) in [5.41, 5.74) is 2.43. The van der Waals surface area contributed by atoms with Crippen LogP contribution in [-0.2, 0) is 4.79 Å². The molecule has 0 atom stereocenters. The van der Waals surface area contributed by atoms with Crippen molar-refractivity contribution in [3.8, 4) is 5.75 Å². The molecule has 0 saturated carbocycles. The highest BCUT2D eigenvalue weighted by molar-refractivity contribution is 5.92. The van der Waals surface area contributed by atoms with Crippen molar-refractivity contribution in [2.75, 3.05) is 38.2 Å². The lowest BCUT2D eigenvalue weighted by Crippen LogP contribution is -2.45. The van der Waals surface area contributed by atoms with Crippen LogP contribution < -0.4 is 9.64 Å². The van der Waals surface area contributed by atoms with Crippen LogP contribution in [0.3, 0.4) is 0 Å². The van der Waals surface area contributed by atoms with Crippen LogP contribution in [0.25, 0.3) is 0 Å². The van der Waals surface area contributed by atoms with Gasteiger partial charge in [-0.05, 0) is 18.6 Å². The lowest BCUT2D eigenvalue weighted by Gasteiger charge is -2.38. The van der Waals surface area contributed by atoms with Crippen molar-refractivity contribution in [1.29, 1.82) is 0 Å². The fourth-order valence-electron chi connectivity index (χ4n) is 2.89. The van der Waals surface area contributed by atoms with E-state index in [0.717, 1.165) is 38.3 Å². The Labute approximate surface area is 119 Å². The fraction of sp³-hybridized carbons (Fsp3) is 0.438. The van der Waals surface area contributed by atoms with Gasteiger partial charge in [0.05, 0.1) is 7.11 Å². The van der Waals surface area contributed by atoms with Crippen LogP contribution in [-0.4, -0.2) is 44.0 Å². The topological polar surface area (TPSA) is 32.8 Å². The van der Waals surface area contributed by atoms with Crippen LogP contribution in [0.2, 0.25) is 0 Å². The maximum atomic E-state index is 11.3. The summed E-state index contributed by atoms with van der Waals surface area (Å²) >= 11 is 0. The van der Waals surface area contributed by atoms with E-state index in [1.807, 2.05) is 18.2 Å². The predicted octanol–water partition coefficient (Wildman–Crippen LogP) is 2.06. The molecule has 0 spiro atoms. The van der Waals surface area contributed by atoms with Crippen molar-refractivity contribution < 1.29 is 9.53 Å². The van der Waals surface area contributed by atoms with E-state index in [2.05, 4.69) is 21.9 Å². The summed E-state index contributed by atoms with van der Waals surface area (Å²) in [4.78, 5) is 16.0. The van der Waals surface area contributed by atoms with Gasteiger partial charge in [0.2, 0.25) is 0 Å².